The summed E-state index contributed by atoms with van der Waals surface area (Å²) in [5, 5.41) is 6.68. The molecule has 1 aromatic carbocycles. The standard InChI is InChI=1S/C21H18FNO3S2/c1-14-10-12-28-17(14)8-9-20(25)26-13-19(24)23-21(18-3-2-11-27-18)15-4-6-16(22)7-5-15/h2-12,21H,13H2,1H3,(H,23,24)/b9-8+/t21-/m1/s1. The predicted molar refractivity (Wildman–Crippen MR) is 110 cm³/mol. The molecule has 28 heavy (non-hydrogen) atoms. The van der Waals surface area contributed by atoms with E-state index in [1.54, 1.807) is 18.2 Å². The first-order valence-electron chi connectivity index (χ1n) is 8.50. The molecule has 0 unspecified atom stereocenters. The number of carbonyl (C=O) groups excluding carboxylic acids is 2. The molecule has 1 N–H and O–H groups in total. The Labute approximate surface area is 170 Å². The number of halogens is 1. The summed E-state index contributed by atoms with van der Waals surface area (Å²) >= 11 is 3.00. The molecule has 0 saturated carbocycles. The molecular formula is C21H18FNO3S2. The molecule has 2 aromatic heterocycles. The highest BCUT2D eigenvalue weighted by atomic mass is 32.1. The van der Waals surface area contributed by atoms with E-state index < -0.39 is 24.5 Å². The third-order valence-corrected chi connectivity index (χ3v) is 5.88. The molecule has 0 bridgehead atoms. The smallest absolute Gasteiger partial charge is 0.331 e. The van der Waals surface area contributed by atoms with Crippen LogP contribution in [0.1, 0.15) is 26.9 Å². The molecule has 0 aliphatic heterocycles. The second-order valence-electron chi connectivity index (χ2n) is 5.98. The second-order valence-corrected chi connectivity index (χ2v) is 7.90. The van der Waals surface area contributed by atoms with Crippen molar-refractivity contribution < 1.29 is 18.7 Å². The normalized spacial score (nSPS) is 12.1. The third-order valence-electron chi connectivity index (χ3n) is 3.95. The highest BCUT2D eigenvalue weighted by Crippen LogP contribution is 2.26. The fourth-order valence-electron chi connectivity index (χ4n) is 2.52. The number of aryl methyl sites for hydroxylation is 1. The van der Waals surface area contributed by atoms with Crippen molar-refractivity contribution in [2.45, 2.75) is 13.0 Å². The molecule has 0 fully saturated rings. The van der Waals surface area contributed by atoms with Crippen LogP contribution in [0.3, 0.4) is 0 Å². The number of amides is 1. The van der Waals surface area contributed by atoms with Gasteiger partial charge in [0.1, 0.15) is 5.82 Å². The van der Waals surface area contributed by atoms with Gasteiger partial charge in [-0.15, -0.1) is 22.7 Å². The van der Waals surface area contributed by atoms with Crippen molar-refractivity contribution in [3.63, 3.8) is 0 Å². The van der Waals surface area contributed by atoms with Crippen LogP contribution < -0.4 is 5.32 Å². The van der Waals surface area contributed by atoms with Crippen molar-refractivity contribution >= 4 is 40.6 Å². The van der Waals surface area contributed by atoms with E-state index in [1.165, 1.54) is 40.9 Å². The van der Waals surface area contributed by atoms with Gasteiger partial charge in [0.15, 0.2) is 6.61 Å². The third kappa shape index (κ3) is 5.37. The summed E-state index contributed by atoms with van der Waals surface area (Å²) in [5.41, 5.74) is 1.82. The van der Waals surface area contributed by atoms with Crippen molar-refractivity contribution in [3.05, 3.63) is 86.0 Å². The molecule has 0 aliphatic rings. The lowest BCUT2D eigenvalue weighted by atomic mass is 10.1. The molecule has 144 valence electrons. The Balaban J connectivity index is 1.59. The zero-order valence-corrected chi connectivity index (χ0v) is 16.7. The largest absolute Gasteiger partial charge is 0.452 e. The molecule has 0 saturated heterocycles. The van der Waals surface area contributed by atoms with Crippen LogP contribution in [0, 0.1) is 12.7 Å². The second kappa shape index (κ2) is 9.43. The molecule has 1 amide bonds. The molecule has 1 atom stereocenters. The molecule has 0 radical (unpaired) electrons. The minimum absolute atomic E-state index is 0.346. The van der Waals surface area contributed by atoms with Gasteiger partial charge in [0.2, 0.25) is 0 Å². The van der Waals surface area contributed by atoms with Crippen LogP contribution in [0.5, 0.6) is 0 Å². The van der Waals surface area contributed by atoms with E-state index in [-0.39, 0.29) is 5.82 Å². The number of hydrogen-bond acceptors (Lipinski definition) is 5. The zero-order valence-electron chi connectivity index (χ0n) is 15.1. The first-order valence-corrected chi connectivity index (χ1v) is 10.3. The van der Waals surface area contributed by atoms with Gasteiger partial charge in [0.25, 0.3) is 5.91 Å². The molecule has 7 heteroatoms. The van der Waals surface area contributed by atoms with E-state index in [1.807, 2.05) is 35.9 Å². The van der Waals surface area contributed by atoms with Crippen LogP contribution in [0.2, 0.25) is 0 Å². The Hall–Kier alpha value is -2.77. The summed E-state index contributed by atoms with van der Waals surface area (Å²) in [6.45, 7) is 1.56. The van der Waals surface area contributed by atoms with E-state index in [0.29, 0.717) is 0 Å². The minimum atomic E-state index is -0.586. The Bertz CT molecular complexity index is 962. The van der Waals surface area contributed by atoms with E-state index in [0.717, 1.165) is 20.9 Å². The number of esters is 1. The lowest BCUT2D eigenvalue weighted by Crippen LogP contribution is -2.32. The van der Waals surface area contributed by atoms with Gasteiger partial charge in [-0.05, 0) is 59.2 Å². The van der Waals surface area contributed by atoms with Crippen LogP contribution in [-0.4, -0.2) is 18.5 Å². The lowest BCUT2D eigenvalue weighted by Gasteiger charge is -2.18. The molecule has 2 heterocycles. The number of nitrogens with one attached hydrogen (secondary N) is 1. The van der Waals surface area contributed by atoms with Crippen molar-refractivity contribution in [3.8, 4) is 0 Å². The molecule has 3 rings (SSSR count). The van der Waals surface area contributed by atoms with Crippen LogP contribution >= 0.6 is 22.7 Å². The first-order chi connectivity index (χ1) is 13.5. The molecule has 4 nitrogen and oxygen atoms in total. The van der Waals surface area contributed by atoms with Crippen molar-refractivity contribution in [1.82, 2.24) is 5.32 Å². The Morgan fingerprint density at radius 1 is 1.14 bits per heavy atom. The van der Waals surface area contributed by atoms with Gasteiger partial charge in [-0.1, -0.05) is 18.2 Å². The summed E-state index contributed by atoms with van der Waals surface area (Å²) in [6.07, 6.45) is 2.98. The van der Waals surface area contributed by atoms with Crippen molar-refractivity contribution in [1.29, 1.82) is 0 Å². The maximum Gasteiger partial charge on any atom is 0.331 e. The van der Waals surface area contributed by atoms with Gasteiger partial charge < -0.3 is 10.1 Å². The van der Waals surface area contributed by atoms with Gasteiger partial charge in [0.05, 0.1) is 6.04 Å². The Kier molecular flexibility index (Phi) is 6.73. The van der Waals surface area contributed by atoms with Gasteiger partial charge in [-0.25, -0.2) is 9.18 Å². The lowest BCUT2D eigenvalue weighted by molar-refractivity contribution is -0.143. The maximum absolute atomic E-state index is 13.2. The number of hydrogen-bond donors (Lipinski definition) is 1. The van der Waals surface area contributed by atoms with Gasteiger partial charge in [-0.3, -0.25) is 4.79 Å². The van der Waals surface area contributed by atoms with Crippen LogP contribution in [0.4, 0.5) is 4.39 Å². The molecule has 3 aromatic rings. The fraction of sp³-hybridized carbons (Fsp3) is 0.143. The minimum Gasteiger partial charge on any atom is -0.452 e. The topological polar surface area (TPSA) is 55.4 Å². The molecular weight excluding hydrogens is 397 g/mol. The maximum atomic E-state index is 13.2. The summed E-state index contributed by atoms with van der Waals surface area (Å²) in [5.74, 6) is -1.36. The van der Waals surface area contributed by atoms with E-state index in [9.17, 15) is 14.0 Å². The van der Waals surface area contributed by atoms with Gasteiger partial charge in [0, 0.05) is 15.8 Å². The highest BCUT2D eigenvalue weighted by molar-refractivity contribution is 7.11. The summed E-state index contributed by atoms with van der Waals surface area (Å²) < 4.78 is 18.2. The number of rotatable bonds is 7. The monoisotopic (exact) mass is 415 g/mol. The van der Waals surface area contributed by atoms with Crippen LogP contribution in [0.25, 0.3) is 6.08 Å². The Morgan fingerprint density at radius 2 is 1.93 bits per heavy atom. The predicted octanol–water partition coefficient (Wildman–Crippen LogP) is 4.72. The van der Waals surface area contributed by atoms with Gasteiger partial charge >= 0.3 is 5.97 Å². The van der Waals surface area contributed by atoms with Crippen LogP contribution in [0.15, 0.2) is 59.3 Å². The summed E-state index contributed by atoms with van der Waals surface area (Å²) in [7, 11) is 0. The SMILES string of the molecule is Cc1ccsc1/C=C/C(=O)OCC(=O)N[C@H](c1ccc(F)cc1)c1cccs1. The summed E-state index contributed by atoms with van der Waals surface area (Å²) in [4.78, 5) is 26.0. The van der Waals surface area contributed by atoms with Gasteiger partial charge in [-0.2, -0.15) is 0 Å². The first kappa shape index (κ1) is 20.0. The molecule has 0 aliphatic carbocycles. The average Bonchev–Trinajstić information content (AvgIpc) is 3.35. The highest BCUT2D eigenvalue weighted by Gasteiger charge is 2.18. The van der Waals surface area contributed by atoms with Crippen molar-refractivity contribution in [2.75, 3.05) is 6.61 Å². The number of thiophene rings is 2. The zero-order chi connectivity index (χ0) is 19.9. The number of ether oxygens (including phenoxy) is 1. The van der Waals surface area contributed by atoms with E-state index in [4.69, 9.17) is 4.74 Å². The Morgan fingerprint density at radius 3 is 2.57 bits per heavy atom. The fourth-order valence-corrected chi connectivity index (χ4v) is 4.14. The van der Waals surface area contributed by atoms with E-state index in [2.05, 4.69) is 5.32 Å². The number of benzene rings is 1. The quantitative estimate of drug-likeness (QED) is 0.449. The molecule has 0 spiro atoms. The average molecular weight is 416 g/mol. The van der Waals surface area contributed by atoms with Crippen molar-refractivity contribution in [2.24, 2.45) is 0 Å². The van der Waals surface area contributed by atoms with E-state index >= 15 is 0 Å². The summed E-state index contributed by atoms with van der Waals surface area (Å²) in [6, 6.07) is 11.2. The number of carbonyl (C=O) groups is 2. The van der Waals surface area contributed by atoms with Crippen LogP contribution in [-0.2, 0) is 14.3 Å².